The largest absolute Gasteiger partial charge is 0.478 e. The molecule has 0 aliphatic heterocycles. The fourth-order valence-electron chi connectivity index (χ4n) is 1.86. The lowest BCUT2D eigenvalue weighted by Gasteiger charge is -2.29. The van der Waals surface area contributed by atoms with Crippen molar-refractivity contribution in [3.63, 3.8) is 0 Å². The van der Waals surface area contributed by atoms with Gasteiger partial charge in [0.1, 0.15) is 11.4 Å². The lowest BCUT2D eigenvalue weighted by Crippen LogP contribution is -2.33. The molecule has 0 unspecified atom stereocenters. The molecule has 3 nitrogen and oxygen atoms in total. The van der Waals surface area contributed by atoms with E-state index < -0.39 is 11.8 Å². The van der Waals surface area contributed by atoms with E-state index in [4.69, 9.17) is 5.11 Å². The summed E-state index contributed by atoms with van der Waals surface area (Å²) < 4.78 is 13.6. The summed E-state index contributed by atoms with van der Waals surface area (Å²) >= 11 is 0. The summed E-state index contributed by atoms with van der Waals surface area (Å²) in [7, 11) is 0. The van der Waals surface area contributed by atoms with Crippen LogP contribution in [0.3, 0.4) is 0 Å². The maximum absolute atomic E-state index is 13.6. The predicted molar refractivity (Wildman–Crippen MR) is 66.1 cm³/mol. The van der Waals surface area contributed by atoms with Gasteiger partial charge in [0.25, 0.3) is 0 Å². The topological polar surface area (TPSA) is 40.5 Å². The Kier molecular flexibility index (Phi) is 4.49. The Morgan fingerprint density at radius 1 is 1.47 bits per heavy atom. The Morgan fingerprint density at radius 3 is 2.59 bits per heavy atom. The fraction of sp³-hybridized carbons (Fsp3) is 0.462. The summed E-state index contributed by atoms with van der Waals surface area (Å²) in [4.78, 5) is 13.0. The molecule has 0 atom stereocenters. The molecule has 0 heterocycles. The SMILES string of the molecule is CCCN(c1cccc(F)c1C(=O)O)C(C)C. The van der Waals surface area contributed by atoms with Crippen LogP contribution in [0.1, 0.15) is 37.6 Å². The number of hydrogen-bond acceptors (Lipinski definition) is 2. The average molecular weight is 239 g/mol. The molecule has 0 bridgehead atoms. The monoisotopic (exact) mass is 239 g/mol. The third kappa shape index (κ3) is 2.96. The maximum Gasteiger partial charge on any atom is 0.340 e. The fourth-order valence-corrected chi connectivity index (χ4v) is 1.86. The standard InChI is InChI=1S/C13H18FNO2/c1-4-8-15(9(2)3)11-7-5-6-10(14)12(11)13(16)17/h5-7,9H,4,8H2,1-3H3,(H,16,17). The van der Waals surface area contributed by atoms with Crippen LogP contribution in [-0.4, -0.2) is 23.7 Å². The summed E-state index contributed by atoms with van der Waals surface area (Å²) in [6.45, 7) is 6.65. The third-order valence-corrected chi connectivity index (χ3v) is 2.60. The first kappa shape index (κ1) is 13.5. The van der Waals surface area contributed by atoms with Gasteiger partial charge in [0.05, 0.1) is 5.69 Å². The van der Waals surface area contributed by atoms with Crippen molar-refractivity contribution in [1.29, 1.82) is 0 Å². The van der Waals surface area contributed by atoms with Gasteiger partial charge in [-0.05, 0) is 32.4 Å². The van der Waals surface area contributed by atoms with E-state index in [-0.39, 0.29) is 11.6 Å². The Morgan fingerprint density at radius 2 is 2.12 bits per heavy atom. The molecule has 1 aromatic carbocycles. The molecular formula is C13H18FNO2. The molecule has 0 fully saturated rings. The van der Waals surface area contributed by atoms with Crippen LogP contribution in [0.5, 0.6) is 0 Å². The van der Waals surface area contributed by atoms with Crippen LogP contribution >= 0.6 is 0 Å². The van der Waals surface area contributed by atoms with Gasteiger partial charge in [-0.15, -0.1) is 0 Å². The van der Waals surface area contributed by atoms with Crippen LogP contribution in [0.25, 0.3) is 0 Å². The zero-order chi connectivity index (χ0) is 13.0. The second-order valence-electron chi connectivity index (χ2n) is 4.23. The van der Waals surface area contributed by atoms with Crippen LogP contribution in [0.15, 0.2) is 18.2 Å². The number of hydrogen-bond donors (Lipinski definition) is 1. The molecule has 1 N–H and O–H groups in total. The van der Waals surface area contributed by atoms with E-state index in [0.29, 0.717) is 12.2 Å². The number of anilines is 1. The van der Waals surface area contributed by atoms with Gasteiger partial charge >= 0.3 is 5.97 Å². The molecule has 1 aromatic rings. The second-order valence-corrected chi connectivity index (χ2v) is 4.23. The van der Waals surface area contributed by atoms with Crippen molar-refractivity contribution >= 4 is 11.7 Å². The highest BCUT2D eigenvalue weighted by Crippen LogP contribution is 2.25. The van der Waals surface area contributed by atoms with E-state index in [9.17, 15) is 9.18 Å². The summed E-state index contributed by atoms with van der Waals surface area (Å²) in [6, 6.07) is 4.51. The number of rotatable bonds is 5. The molecule has 4 heteroatoms. The number of nitrogens with zero attached hydrogens (tertiary/aromatic N) is 1. The van der Waals surface area contributed by atoms with Crippen molar-refractivity contribution in [2.45, 2.75) is 33.2 Å². The molecule has 0 saturated carbocycles. The minimum Gasteiger partial charge on any atom is -0.478 e. The van der Waals surface area contributed by atoms with Gasteiger partial charge in [0, 0.05) is 12.6 Å². The minimum atomic E-state index is -1.22. The minimum absolute atomic E-state index is 0.134. The number of carboxylic acid groups (broad SMARTS) is 1. The van der Waals surface area contributed by atoms with Gasteiger partial charge < -0.3 is 10.0 Å². The Hall–Kier alpha value is -1.58. The lowest BCUT2D eigenvalue weighted by molar-refractivity contribution is 0.0692. The Bertz CT molecular complexity index is 404. The molecule has 94 valence electrons. The molecule has 0 aliphatic carbocycles. The lowest BCUT2D eigenvalue weighted by atomic mass is 10.1. The van der Waals surface area contributed by atoms with E-state index in [2.05, 4.69) is 0 Å². The van der Waals surface area contributed by atoms with E-state index in [0.717, 1.165) is 6.42 Å². The van der Waals surface area contributed by atoms with Crippen LogP contribution in [0.2, 0.25) is 0 Å². The molecule has 0 spiro atoms. The smallest absolute Gasteiger partial charge is 0.340 e. The van der Waals surface area contributed by atoms with Gasteiger partial charge in [-0.3, -0.25) is 0 Å². The molecular weight excluding hydrogens is 221 g/mol. The first-order valence-electron chi connectivity index (χ1n) is 5.77. The van der Waals surface area contributed by atoms with Crippen molar-refractivity contribution in [2.24, 2.45) is 0 Å². The molecule has 0 aliphatic rings. The van der Waals surface area contributed by atoms with Gasteiger partial charge in [0.2, 0.25) is 0 Å². The molecule has 17 heavy (non-hydrogen) atoms. The van der Waals surface area contributed by atoms with Crippen molar-refractivity contribution in [3.05, 3.63) is 29.6 Å². The second kappa shape index (κ2) is 5.66. The highest BCUT2D eigenvalue weighted by Gasteiger charge is 2.21. The number of halogens is 1. The zero-order valence-electron chi connectivity index (χ0n) is 10.4. The quantitative estimate of drug-likeness (QED) is 0.858. The number of carbonyl (C=O) groups is 1. The van der Waals surface area contributed by atoms with Gasteiger partial charge in [0.15, 0.2) is 0 Å². The third-order valence-electron chi connectivity index (χ3n) is 2.60. The van der Waals surface area contributed by atoms with E-state index in [1.807, 2.05) is 25.7 Å². The highest BCUT2D eigenvalue weighted by atomic mass is 19.1. The van der Waals surface area contributed by atoms with Crippen LogP contribution < -0.4 is 4.90 Å². The van der Waals surface area contributed by atoms with Crippen molar-refractivity contribution in [1.82, 2.24) is 0 Å². The van der Waals surface area contributed by atoms with Gasteiger partial charge in [-0.1, -0.05) is 13.0 Å². The van der Waals surface area contributed by atoms with E-state index in [1.165, 1.54) is 6.07 Å². The normalized spacial score (nSPS) is 10.6. The molecule has 0 aromatic heterocycles. The zero-order valence-corrected chi connectivity index (χ0v) is 10.4. The Balaban J connectivity index is 3.27. The van der Waals surface area contributed by atoms with Crippen molar-refractivity contribution in [2.75, 3.05) is 11.4 Å². The summed E-state index contributed by atoms with van der Waals surface area (Å²) in [5.41, 5.74) is 0.212. The average Bonchev–Trinajstić information content (AvgIpc) is 2.24. The summed E-state index contributed by atoms with van der Waals surface area (Å²) in [6.07, 6.45) is 0.883. The van der Waals surface area contributed by atoms with Gasteiger partial charge in [-0.25, -0.2) is 9.18 Å². The Labute approximate surface area is 101 Å². The summed E-state index contributed by atoms with van der Waals surface area (Å²) in [5, 5.41) is 9.08. The number of aromatic carboxylic acids is 1. The molecule has 1 rings (SSSR count). The van der Waals surface area contributed by atoms with Crippen LogP contribution in [0.4, 0.5) is 10.1 Å². The van der Waals surface area contributed by atoms with Crippen LogP contribution in [0, 0.1) is 5.82 Å². The van der Waals surface area contributed by atoms with Crippen molar-refractivity contribution in [3.8, 4) is 0 Å². The van der Waals surface area contributed by atoms with Crippen molar-refractivity contribution < 1.29 is 14.3 Å². The first-order chi connectivity index (χ1) is 7.99. The number of carboxylic acids is 1. The van der Waals surface area contributed by atoms with E-state index in [1.54, 1.807) is 12.1 Å². The molecule has 0 radical (unpaired) electrons. The summed E-state index contributed by atoms with van der Waals surface area (Å²) in [5.74, 6) is -1.91. The van der Waals surface area contributed by atoms with Crippen LogP contribution in [-0.2, 0) is 0 Å². The highest BCUT2D eigenvalue weighted by molar-refractivity contribution is 5.94. The molecule has 0 saturated heterocycles. The predicted octanol–water partition coefficient (Wildman–Crippen LogP) is 3.15. The molecule has 0 amide bonds. The number of benzene rings is 1. The van der Waals surface area contributed by atoms with E-state index >= 15 is 0 Å². The first-order valence-corrected chi connectivity index (χ1v) is 5.77. The maximum atomic E-state index is 13.6. The van der Waals surface area contributed by atoms with Gasteiger partial charge in [-0.2, -0.15) is 0 Å².